The molecule has 1 fully saturated rings. The fraction of sp³-hybridized carbons (Fsp3) is 0.875. The lowest BCUT2D eigenvalue weighted by Crippen LogP contribution is -2.37. The van der Waals surface area contributed by atoms with Crippen molar-refractivity contribution in [2.75, 3.05) is 13.1 Å². The van der Waals surface area contributed by atoms with Gasteiger partial charge in [0.2, 0.25) is 5.91 Å². The molecule has 21 heavy (non-hydrogen) atoms. The van der Waals surface area contributed by atoms with Crippen LogP contribution in [0.5, 0.6) is 0 Å². The van der Waals surface area contributed by atoms with Gasteiger partial charge in [0.05, 0.1) is 6.42 Å². The molecular weight excluding hydrogens is 268 g/mol. The van der Waals surface area contributed by atoms with Crippen molar-refractivity contribution < 1.29 is 14.7 Å². The van der Waals surface area contributed by atoms with E-state index < -0.39 is 5.97 Å². The molecule has 0 aromatic heterocycles. The third-order valence-corrected chi connectivity index (χ3v) is 4.55. The Balaban J connectivity index is 2.53. The van der Waals surface area contributed by atoms with E-state index in [1.165, 1.54) is 0 Å². The van der Waals surface area contributed by atoms with Gasteiger partial charge in [-0.25, -0.2) is 0 Å². The molecule has 5 nitrogen and oxygen atoms in total. The van der Waals surface area contributed by atoms with Gasteiger partial charge in [0.1, 0.15) is 0 Å². The number of carbonyl (C=O) groups is 2. The van der Waals surface area contributed by atoms with E-state index in [1.54, 1.807) is 4.90 Å². The van der Waals surface area contributed by atoms with E-state index in [4.69, 9.17) is 10.8 Å². The smallest absolute Gasteiger partial charge is 0.305 e. The van der Waals surface area contributed by atoms with Gasteiger partial charge in [0, 0.05) is 19.0 Å². The minimum Gasteiger partial charge on any atom is -0.481 e. The summed E-state index contributed by atoms with van der Waals surface area (Å²) in [4.78, 5) is 25.0. The molecule has 1 aliphatic rings. The lowest BCUT2D eigenvalue weighted by atomic mass is 9.76. The zero-order valence-electron chi connectivity index (χ0n) is 13.6. The van der Waals surface area contributed by atoms with Crippen LogP contribution < -0.4 is 5.73 Å². The van der Waals surface area contributed by atoms with Gasteiger partial charge in [-0.1, -0.05) is 20.8 Å². The summed E-state index contributed by atoms with van der Waals surface area (Å²) in [5, 5.41) is 8.92. The Morgan fingerprint density at radius 1 is 1.33 bits per heavy atom. The van der Waals surface area contributed by atoms with Crippen LogP contribution in [0.1, 0.15) is 59.3 Å². The first-order valence-electron chi connectivity index (χ1n) is 7.97. The van der Waals surface area contributed by atoms with Crippen molar-refractivity contribution in [1.82, 2.24) is 4.90 Å². The molecule has 0 aliphatic carbocycles. The van der Waals surface area contributed by atoms with Crippen LogP contribution in [-0.4, -0.2) is 41.0 Å². The van der Waals surface area contributed by atoms with Gasteiger partial charge in [-0.05, 0) is 43.6 Å². The molecule has 3 N–H and O–H groups in total. The molecule has 0 spiro atoms. The monoisotopic (exact) mass is 298 g/mol. The maximum atomic E-state index is 12.4. The largest absolute Gasteiger partial charge is 0.481 e. The average molecular weight is 298 g/mol. The van der Waals surface area contributed by atoms with E-state index >= 15 is 0 Å². The van der Waals surface area contributed by atoms with Crippen molar-refractivity contribution in [3.63, 3.8) is 0 Å². The third-order valence-electron chi connectivity index (χ3n) is 4.55. The zero-order chi connectivity index (χ0) is 16.0. The first kappa shape index (κ1) is 18.0. The molecule has 1 aliphatic heterocycles. The third kappa shape index (κ3) is 5.65. The summed E-state index contributed by atoms with van der Waals surface area (Å²) in [6.07, 6.45) is 4.04. The highest BCUT2D eigenvalue weighted by molar-refractivity contribution is 5.78. The van der Waals surface area contributed by atoms with Crippen LogP contribution in [0.15, 0.2) is 0 Å². The lowest BCUT2D eigenvalue weighted by Gasteiger charge is -2.31. The Morgan fingerprint density at radius 2 is 2.00 bits per heavy atom. The molecule has 2 unspecified atom stereocenters. The first-order chi connectivity index (χ1) is 9.75. The standard InChI is InChI=1S/C16H30N2O3/c1-16(2,3)12(8-9-17)6-7-14(19)18-10-4-5-13(18)11-15(20)21/h12-13H,4-11,17H2,1-3H3,(H,20,21). The summed E-state index contributed by atoms with van der Waals surface area (Å²) < 4.78 is 0. The van der Waals surface area contributed by atoms with E-state index in [1.807, 2.05) is 0 Å². The van der Waals surface area contributed by atoms with Gasteiger partial charge in [-0.15, -0.1) is 0 Å². The fourth-order valence-corrected chi connectivity index (χ4v) is 3.23. The maximum absolute atomic E-state index is 12.4. The number of amides is 1. The van der Waals surface area contributed by atoms with Crippen LogP contribution in [0, 0.1) is 11.3 Å². The number of rotatable bonds is 7. The molecular formula is C16H30N2O3. The number of aliphatic carboxylic acids is 1. The second-order valence-corrected chi connectivity index (χ2v) is 7.16. The molecule has 1 amide bonds. The van der Waals surface area contributed by atoms with Crippen molar-refractivity contribution in [3.05, 3.63) is 0 Å². The number of carbonyl (C=O) groups excluding carboxylic acids is 1. The molecule has 0 saturated carbocycles. The highest BCUT2D eigenvalue weighted by Crippen LogP contribution is 2.32. The van der Waals surface area contributed by atoms with Crippen LogP contribution >= 0.6 is 0 Å². The van der Waals surface area contributed by atoms with Crippen molar-refractivity contribution >= 4 is 11.9 Å². The molecule has 0 radical (unpaired) electrons. The predicted molar refractivity (Wildman–Crippen MR) is 82.8 cm³/mol. The minimum atomic E-state index is -0.824. The first-order valence-corrected chi connectivity index (χ1v) is 7.97. The Labute approximate surface area is 127 Å². The summed E-state index contributed by atoms with van der Waals surface area (Å²) in [5.41, 5.74) is 5.81. The van der Waals surface area contributed by atoms with Gasteiger partial charge in [0.15, 0.2) is 0 Å². The Bertz CT molecular complexity index is 363. The average Bonchev–Trinajstić information content (AvgIpc) is 2.79. The summed E-state index contributed by atoms with van der Waals surface area (Å²) in [5.74, 6) is -0.299. The summed E-state index contributed by atoms with van der Waals surface area (Å²) in [6.45, 7) is 7.89. The summed E-state index contributed by atoms with van der Waals surface area (Å²) in [6, 6.07) is -0.113. The number of carboxylic acids is 1. The molecule has 5 heteroatoms. The molecule has 0 bridgehead atoms. The van der Waals surface area contributed by atoms with Gasteiger partial charge in [-0.2, -0.15) is 0 Å². The zero-order valence-corrected chi connectivity index (χ0v) is 13.6. The number of hydrogen-bond donors (Lipinski definition) is 2. The Morgan fingerprint density at radius 3 is 2.52 bits per heavy atom. The van der Waals surface area contributed by atoms with Crippen LogP contribution in [0.25, 0.3) is 0 Å². The molecule has 1 saturated heterocycles. The number of nitrogens with zero attached hydrogens (tertiary/aromatic N) is 1. The van der Waals surface area contributed by atoms with E-state index in [0.29, 0.717) is 25.4 Å². The van der Waals surface area contributed by atoms with E-state index in [9.17, 15) is 9.59 Å². The molecule has 122 valence electrons. The molecule has 1 rings (SSSR count). The highest BCUT2D eigenvalue weighted by atomic mass is 16.4. The second-order valence-electron chi connectivity index (χ2n) is 7.16. The molecule has 1 heterocycles. The van der Waals surface area contributed by atoms with Crippen LogP contribution in [0.3, 0.4) is 0 Å². The number of likely N-dealkylation sites (tertiary alicyclic amines) is 1. The predicted octanol–water partition coefficient (Wildman–Crippen LogP) is 2.24. The maximum Gasteiger partial charge on any atom is 0.305 e. The van der Waals surface area contributed by atoms with Crippen molar-refractivity contribution in [2.24, 2.45) is 17.1 Å². The van der Waals surface area contributed by atoms with Crippen molar-refractivity contribution in [2.45, 2.75) is 65.3 Å². The topological polar surface area (TPSA) is 83.6 Å². The van der Waals surface area contributed by atoms with Gasteiger partial charge in [-0.3, -0.25) is 9.59 Å². The van der Waals surface area contributed by atoms with E-state index in [2.05, 4.69) is 20.8 Å². The van der Waals surface area contributed by atoms with Crippen LogP contribution in [0.4, 0.5) is 0 Å². The van der Waals surface area contributed by atoms with Crippen molar-refractivity contribution in [1.29, 1.82) is 0 Å². The SMILES string of the molecule is CC(C)(C)C(CCN)CCC(=O)N1CCCC1CC(=O)O. The Hall–Kier alpha value is -1.10. The second kappa shape index (κ2) is 7.78. The fourth-order valence-electron chi connectivity index (χ4n) is 3.23. The summed E-state index contributed by atoms with van der Waals surface area (Å²) >= 11 is 0. The quantitative estimate of drug-likeness (QED) is 0.755. The van der Waals surface area contributed by atoms with Crippen LogP contribution in [-0.2, 0) is 9.59 Å². The Kier molecular flexibility index (Phi) is 6.65. The van der Waals surface area contributed by atoms with Gasteiger partial charge < -0.3 is 15.7 Å². The number of hydrogen-bond acceptors (Lipinski definition) is 3. The normalized spacial score (nSPS) is 20.6. The molecule has 0 aromatic carbocycles. The van der Waals surface area contributed by atoms with Crippen molar-refractivity contribution in [3.8, 4) is 0 Å². The van der Waals surface area contributed by atoms with Gasteiger partial charge >= 0.3 is 5.97 Å². The van der Waals surface area contributed by atoms with Gasteiger partial charge in [0.25, 0.3) is 0 Å². The highest BCUT2D eigenvalue weighted by Gasteiger charge is 2.31. The number of carboxylic acid groups (broad SMARTS) is 1. The van der Waals surface area contributed by atoms with Crippen LogP contribution in [0.2, 0.25) is 0 Å². The number of nitrogens with two attached hydrogens (primary N) is 1. The summed E-state index contributed by atoms with van der Waals surface area (Å²) in [7, 11) is 0. The van der Waals surface area contributed by atoms with E-state index in [0.717, 1.165) is 25.7 Å². The minimum absolute atomic E-state index is 0.0667. The lowest BCUT2D eigenvalue weighted by molar-refractivity contribution is -0.140. The molecule has 2 atom stereocenters. The molecule has 0 aromatic rings. The van der Waals surface area contributed by atoms with E-state index in [-0.39, 0.29) is 23.8 Å².